The first-order valence-corrected chi connectivity index (χ1v) is 3.36. The molecule has 0 aromatic carbocycles. The van der Waals surface area contributed by atoms with E-state index in [9.17, 15) is 0 Å². The van der Waals surface area contributed by atoms with Gasteiger partial charge in [0.2, 0.25) is 0 Å². The molecule has 8 heavy (non-hydrogen) atoms. The zero-order valence-corrected chi connectivity index (χ0v) is 5.41. The van der Waals surface area contributed by atoms with E-state index in [2.05, 4.69) is 17.6 Å². The summed E-state index contributed by atoms with van der Waals surface area (Å²) in [6.45, 7) is 4.51. The smallest absolute Gasteiger partial charge is 0.0542 e. The van der Waals surface area contributed by atoms with Gasteiger partial charge in [-0.2, -0.15) is 0 Å². The van der Waals surface area contributed by atoms with Crippen LogP contribution in [0.4, 0.5) is 0 Å². The Balaban J connectivity index is 2.17. The summed E-state index contributed by atoms with van der Waals surface area (Å²) in [6, 6.07) is 0. The fourth-order valence-electron chi connectivity index (χ4n) is 0.959. The molecule has 2 nitrogen and oxygen atoms in total. The molecule has 0 aromatic rings. The van der Waals surface area contributed by atoms with Gasteiger partial charge in [-0.25, -0.2) is 0 Å². The Morgan fingerprint density at radius 1 is 1.12 bits per heavy atom. The summed E-state index contributed by atoms with van der Waals surface area (Å²) in [4.78, 5) is 0. The van der Waals surface area contributed by atoms with Gasteiger partial charge >= 0.3 is 0 Å². The van der Waals surface area contributed by atoms with Crippen molar-refractivity contribution in [2.24, 2.45) is 0 Å². The van der Waals surface area contributed by atoms with Crippen LogP contribution in [0.1, 0.15) is 19.8 Å². The second-order valence-electron chi connectivity index (χ2n) is 2.34. The summed E-state index contributed by atoms with van der Waals surface area (Å²) >= 11 is 0. The molecule has 0 bridgehead atoms. The normalized spacial score (nSPS) is 25.1. The summed E-state index contributed by atoms with van der Waals surface area (Å²) in [5, 5.41) is 6.67. The average Bonchev–Trinajstić information content (AvgIpc) is 1.94. The molecule has 0 spiro atoms. The summed E-state index contributed by atoms with van der Waals surface area (Å²) in [5.41, 5.74) is 0. The van der Waals surface area contributed by atoms with Gasteiger partial charge in [-0.15, -0.1) is 0 Å². The molecule has 0 atom stereocenters. The maximum atomic E-state index is 3.33. The number of hydrogen-bond donors (Lipinski definition) is 2. The van der Waals surface area contributed by atoms with Crippen LogP contribution in [-0.4, -0.2) is 19.3 Å². The van der Waals surface area contributed by atoms with Crippen molar-refractivity contribution >= 4 is 0 Å². The predicted octanol–water partition coefficient (Wildman–Crippen LogP) is 0.305. The quantitative estimate of drug-likeness (QED) is 0.473. The molecular formula is C6H14N2. The molecule has 1 saturated heterocycles. The van der Waals surface area contributed by atoms with Crippen LogP contribution in [0.2, 0.25) is 0 Å². The van der Waals surface area contributed by atoms with Gasteiger partial charge in [0.25, 0.3) is 0 Å². The van der Waals surface area contributed by atoms with Gasteiger partial charge in [-0.3, -0.25) is 0 Å². The summed E-state index contributed by atoms with van der Waals surface area (Å²) in [7, 11) is 0. The first-order chi connectivity index (χ1) is 3.89. The van der Waals surface area contributed by atoms with E-state index in [-0.39, 0.29) is 0 Å². The Morgan fingerprint density at radius 3 is 2.12 bits per heavy atom. The highest BCUT2D eigenvalue weighted by atomic mass is 15.1. The van der Waals surface area contributed by atoms with Crippen molar-refractivity contribution in [1.29, 1.82) is 0 Å². The lowest BCUT2D eigenvalue weighted by Gasteiger charge is -2.08. The molecule has 1 aliphatic rings. The van der Waals surface area contributed by atoms with E-state index in [4.69, 9.17) is 0 Å². The van der Waals surface area contributed by atoms with Crippen molar-refractivity contribution in [2.75, 3.05) is 13.1 Å². The molecule has 2 heteroatoms. The Morgan fingerprint density at radius 2 is 1.62 bits per heavy atom. The third kappa shape index (κ3) is 1.80. The van der Waals surface area contributed by atoms with Gasteiger partial charge in [0.1, 0.15) is 0 Å². The number of rotatable bonds is 0. The van der Waals surface area contributed by atoms with E-state index in [0.29, 0.717) is 6.17 Å². The van der Waals surface area contributed by atoms with E-state index in [1.165, 1.54) is 25.9 Å². The number of nitrogens with one attached hydrogen (secondary N) is 2. The van der Waals surface area contributed by atoms with E-state index in [1.807, 2.05) is 0 Å². The van der Waals surface area contributed by atoms with Crippen LogP contribution < -0.4 is 10.6 Å². The van der Waals surface area contributed by atoms with Crippen molar-refractivity contribution < 1.29 is 0 Å². The molecule has 0 aliphatic carbocycles. The molecule has 0 saturated carbocycles. The van der Waals surface area contributed by atoms with Crippen LogP contribution in [0.3, 0.4) is 0 Å². The van der Waals surface area contributed by atoms with Gasteiger partial charge in [0, 0.05) is 0 Å². The third-order valence-electron chi connectivity index (χ3n) is 1.50. The Bertz CT molecular complexity index is 55.5. The Labute approximate surface area is 50.7 Å². The van der Waals surface area contributed by atoms with E-state index < -0.39 is 0 Å². The van der Waals surface area contributed by atoms with E-state index >= 15 is 0 Å². The first-order valence-electron chi connectivity index (χ1n) is 3.36. The Kier molecular flexibility index (Phi) is 2.30. The molecule has 1 rings (SSSR count). The molecule has 1 aliphatic heterocycles. The maximum Gasteiger partial charge on any atom is 0.0542 e. The molecule has 1 heterocycles. The van der Waals surface area contributed by atoms with Crippen molar-refractivity contribution in [3.05, 3.63) is 0 Å². The van der Waals surface area contributed by atoms with Crippen molar-refractivity contribution in [2.45, 2.75) is 25.9 Å². The van der Waals surface area contributed by atoms with Gasteiger partial charge in [0.05, 0.1) is 6.17 Å². The Hall–Kier alpha value is -0.0800. The molecule has 0 aromatic heterocycles. The van der Waals surface area contributed by atoms with Crippen LogP contribution in [0.5, 0.6) is 0 Å². The summed E-state index contributed by atoms with van der Waals surface area (Å²) in [5.74, 6) is 0. The predicted molar refractivity (Wildman–Crippen MR) is 34.7 cm³/mol. The first kappa shape index (κ1) is 6.05. The van der Waals surface area contributed by atoms with Crippen molar-refractivity contribution in [1.82, 2.24) is 10.6 Å². The van der Waals surface area contributed by atoms with Gasteiger partial charge < -0.3 is 10.6 Å². The second kappa shape index (κ2) is 3.05. The lowest BCUT2D eigenvalue weighted by Crippen LogP contribution is -2.37. The highest BCUT2D eigenvalue weighted by Crippen LogP contribution is 1.90. The monoisotopic (exact) mass is 114 g/mol. The van der Waals surface area contributed by atoms with Crippen molar-refractivity contribution in [3.63, 3.8) is 0 Å². The molecule has 0 amide bonds. The van der Waals surface area contributed by atoms with E-state index in [1.54, 1.807) is 0 Å². The SMILES string of the molecule is CC1NCCCCN1. The lowest BCUT2D eigenvalue weighted by atomic mass is 10.3. The van der Waals surface area contributed by atoms with Gasteiger partial charge in [0.15, 0.2) is 0 Å². The van der Waals surface area contributed by atoms with Crippen LogP contribution >= 0.6 is 0 Å². The fraction of sp³-hybridized carbons (Fsp3) is 1.00. The molecule has 0 radical (unpaired) electrons. The minimum Gasteiger partial charge on any atom is -0.302 e. The summed E-state index contributed by atoms with van der Waals surface area (Å²) in [6.07, 6.45) is 3.16. The van der Waals surface area contributed by atoms with Crippen LogP contribution in [0.15, 0.2) is 0 Å². The lowest BCUT2D eigenvalue weighted by molar-refractivity contribution is 0.500. The topological polar surface area (TPSA) is 24.1 Å². The minimum atomic E-state index is 0.525. The second-order valence-corrected chi connectivity index (χ2v) is 2.34. The van der Waals surface area contributed by atoms with Crippen LogP contribution in [-0.2, 0) is 0 Å². The number of hydrogen-bond acceptors (Lipinski definition) is 2. The van der Waals surface area contributed by atoms with Crippen LogP contribution in [0.25, 0.3) is 0 Å². The molecule has 48 valence electrons. The summed E-state index contributed by atoms with van der Waals surface area (Å²) < 4.78 is 0. The molecular weight excluding hydrogens is 100 g/mol. The van der Waals surface area contributed by atoms with Crippen molar-refractivity contribution in [3.8, 4) is 0 Å². The molecule has 1 fully saturated rings. The zero-order chi connectivity index (χ0) is 5.82. The van der Waals surface area contributed by atoms with Gasteiger partial charge in [-0.05, 0) is 32.9 Å². The zero-order valence-electron chi connectivity index (χ0n) is 5.41. The van der Waals surface area contributed by atoms with Gasteiger partial charge in [-0.1, -0.05) is 0 Å². The van der Waals surface area contributed by atoms with E-state index in [0.717, 1.165) is 0 Å². The molecule has 2 N–H and O–H groups in total. The molecule has 0 unspecified atom stereocenters. The highest BCUT2D eigenvalue weighted by Gasteiger charge is 2.01. The fourth-order valence-corrected chi connectivity index (χ4v) is 0.959. The largest absolute Gasteiger partial charge is 0.302 e. The standard InChI is InChI=1S/C6H14N2/c1-6-7-4-2-3-5-8-6/h6-8H,2-5H2,1H3. The van der Waals surface area contributed by atoms with Crippen LogP contribution in [0, 0.1) is 0 Å². The maximum absolute atomic E-state index is 3.33. The minimum absolute atomic E-state index is 0.525. The highest BCUT2D eigenvalue weighted by molar-refractivity contribution is 4.62. The average molecular weight is 114 g/mol. The third-order valence-corrected chi connectivity index (χ3v) is 1.50.